The molecule has 1 amide bonds. The van der Waals surface area contributed by atoms with Gasteiger partial charge in [0.1, 0.15) is 17.1 Å². The third-order valence-electron chi connectivity index (χ3n) is 2.31. The van der Waals surface area contributed by atoms with Crippen molar-refractivity contribution in [3.05, 3.63) is 40.2 Å². The minimum Gasteiger partial charge on any atom is -0.480 e. The van der Waals surface area contributed by atoms with E-state index >= 15 is 0 Å². The highest BCUT2D eigenvalue weighted by Gasteiger charge is 2.17. The number of methoxy groups -OCH3 is 1. The number of benzene rings is 1. The molecule has 104 valence electrons. The number of hydrogen-bond acceptors (Lipinski definition) is 5. The van der Waals surface area contributed by atoms with Crippen LogP contribution in [0.1, 0.15) is 10.4 Å². The Balaban J connectivity index is 2.40. The van der Waals surface area contributed by atoms with Gasteiger partial charge in [0, 0.05) is 0 Å². The number of nitrogens with zero attached hydrogens (tertiary/aromatic N) is 2. The van der Waals surface area contributed by atoms with Gasteiger partial charge in [0.2, 0.25) is 5.88 Å². The molecule has 0 radical (unpaired) electrons. The van der Waals surface area contributed by atoms with Gasteiger partial charge in [-0.05, 0) is 28.1 Å². The zero-order valence-corrected chi connectivity index (χ0v) is 11.8. The molecule has 0 bridgehead atoms. The summed E-state index contributed by atoms with van der Waals surface area (Å²) >= 11 is 3.19. The number of carbonyl (C=O) groups is 1. The fraction of sp³-hybridized carbons (Fsp3) is 0.0833. The number of nitrogens with two attached hydrogens (primary N) is 1. The van der Waals surface area contributed by atoms with Crippen LogP contribution in [0.4, 0.5) is 4.39 Å². The van der Waals surface area contributed by atoms with Gasteiger partial charge in [-0.25, -0.2) is 9.37 Å². The third kappa shape index (κ3) is 2.85. The van der Waals surface area contributed by atoms with Crippen LogP contribution in [0.3, 0.4) is 0 Å². The maximum absolute atomic E-state index is 13.6. The van der Waals surface area contributed by atoms with Crippen molar-refractivity contribution >= 4 is 21.8 Å². The monoisotopic (exact) mass is 341 g/mol. The van der Waals surface area contributed by atoms with Crippen molar-refractivity contribution in [2.24, 2.45) is 5.73 Å². The molecule has 0 atom stereocenters. The van der Waals surface area contributed by atoms with Crippen LogP contribution in [0, 0.1) is 5.82 Å². The number of amides is 1. The molecule has 1 heterocycles. The predicted octanol–water partition coefficient (Wildman–Crippen LogP) is 2.28. The second-order valence-corrected chi connectivity index (χ2v) is 4.44. The van der Waals surface area contributed by atoms with Crippen LogP contribution in [0.5, 0.6) is 17.6 Å². The predicted molar refractivity (Wildman–Crippen MR) is 71.3 cm³/mol. The van der Waals surface area contributed by atoms with E-state index in [0.29, 0.717) is 4.47 Å². The molecule has 0 spiro atoms. The minimum atomic E-state index is -0.942. The number of rotatable bonds is 4. The number of primary amides is 1. The summed E-state index contributed by atoms with van der Waals surface area (Å²) in [5, 5.41) is 0. The van der Waals surface area contributed by atoms with Crippen molar-refractivity contribution in [3.63, 3.8) is 0 Å². The standard InChI is InChI=1S/C12H9BrFN3O3/c1-19-11-6(13)5-16-12(17-11)20-8-4-2-3-7(14)9(8)10(15)18/h2-5H,1H3,(H2,15,18). The van der Waals surface area contributed by atoms with E-state index in [1.54, 1.807) is 0 Å². The summed E-state index contributed by atoms with van der Waals surface area (Å²) in [6.07, 6.45) is 1.41. The van der Waals surface area contributed by atoms with Crippen LogP contribution in [0.25, 0.3) is 0 Å². The lowest BCUT2D eigenvalue weighted by molar-refractivity contribution is 0.0994. The summed E-state index contributed by atoms with van der Waals surface area (Å²) in [7, 11) is 1.42. The Bertz CT molecular complexity index is 666. The highest BCUT2D eigenvalue weighted by molar-refractivity contribution is 9.10. The summed E-state index contributed by atoms with van der Waals surface area (Å²) in [6, 6.07) is 3.78. The van der Waals surface area contributed by atoms with Crippen LogP contribution in [0.15, 0.2) is 28.9 Å². The number of carbonyl (C=O) groups excluding carboxylic acids is 1. The summed E-state index contributed by atoms with van der Waals surface area (Å²) in [4.78, 5) is 19.1. The molecule has 2 aromatic rings. The van der Waals surface area contributed by atoms with E-state index < -0.39 is 11.7 Å². The molecular weight excluding hydrogens is 333 g/mol. The van der Waals surface area contributed by atoms with Crippen molar-refractivity contribution < 1.29 is 18.7 Å². The maximum atomic E-state index is 13.6. The largest absolute Gasteiger partial charge is 0.480 e. The molecule has 0 aliphatic carbocycles. The summed E-state index contributed by atoms with van der Waals surface area (Å²) in [6.45, 7) is 0. The van der Waals surface area contributed by atoms with E-state index in [2.05, 4.69) is 25.9 Å². The third-order valence-corrected chi connectivity index (χ3v) is 2.85. The van der Waals surface area contributed by atoms with Crippen molar-refractivity contribution in [1.29, 1.82) is 0 Å². The van der Waals surface area contributed by atoms with Crippen molar-refractivity contribution in [2.45, 2.75) is 0 Å². The van der Waals surface area contributed by atoms with Crippen molar-refractivity contribution in [2.75, 3.05) is 7.11 Å². The lowest BCUT2D eigenvalue weighted by Crippen LogP contribution is -2.14. The summed E-state index contributed by atoms with van der Waals surface area (Å²) < 4.78 is 24.4. The summed E-state index contributed by atoms with van der Waals surface area (Å²) in [5.41, 5.74) is 4.75. The number of ether oxygens (including phenoxy) is 2. The molecule has 8 heteroatoms. The molecule has 20 heavy (non-hydrogen) atoms. The van der Waals surface area contributed by atoms with Gasteiger partial charge >= 0.3 is 6.01 Å². The fourth-order valence-electron chi connectivity index (χ4n) is 1.46. The van der Waals surface area contributed by atoms with E-state index in [1.807, 2.05) is 0 Å². The molecule has 2 N–H and O–H groups in total. The van der Waals surface area contributed by atoms with Crippen LogP contribution < -0.4 is 15.2 Å². The molecular formula is C12H9BrFN3O3. The van der Waals surface area contributed by atoms with E-state index in [9.17, 15) is 9.18 Å². The second kappa shape index (κ2) is 5.83. The first-order valence-corrected chi connectivity index (χ1v) is 6.15. The van der Waals surface area contributed by atoms with Gasteiger partial charge in [-0.1, -0.05) is 6.07 Å². The highest BCUT2D eigenvalue weighted by atomic mass is 79.9. The molecule has 1 aromatic carbocycles. The zero-order valence-electron chi connectivity index (χ0n) is 10.3. The first kappa shape index (κ1) is 14.2. The smallest absolute Gasteiger partial charge is 0.325 e. The van der Waals surface area contributed by atoms with Gasteiger partial charge in [-0.2, -0.15) is 4.98 Å². The van der Waals surface area contributed by atoms with Gasteiger partial charge in [0.05, 0.1) is 17.8 Å². The number of aromatic nitrogens is 2. The normalized spacial score (nSPS) is 10.2. The first-order valence-electron chi connectivity index (χ1n) is 5.35. The van der Waals surface area contributed by atoms with Gasteiger partial charge in [0.15, 0.2) is 0 Å². The zero-order chi connectivity index (χ0) is 14.7. The Morgan fingerprint density at radius 1 is 1.45 bits per heavy atom. The Hall–Kier alpha value is -2.22. The highest BCUT2D eigenvalue weighted by Crippen LogP contribution is 2.28. The molecule has 0 fully saturated rings. The quantitative estimate of drug-likeness (QED) is 0.921. The maximum Gasteiger partial charge on any atom is 0.325 e. The first-order chi connectivity index (χ1) is 9.52. The average Bonchev–Trinajstić information content (AvgIpc) is 2.40. The minimum absolute atomic E-state index is 0.0677. The molecule has 1 aromatic heterocycles. The lowest BCUT2D eigenvalue weighted by atomic mass is 10.2. The average molecular weight is 342 g/mol. The van der Waals surface area contributed by atoms with Crippen molar-refractivity contribution in [1.82, 2.24) is 9.97 Å². The molecule has 0 saturated carbocycles. The fourth-order valence-corrected chi connectivity index (χ4v) is 1.81. The SMILES string of the molecule is COc1nc(Oc2cccc(F)c2C(N)=O)ncc1Br. The van der Waals surface area contributed by atoms with Crippen LogP contribution in [0.2, 0.25) is 0 Å². The van der Waals surface area contributed by atoms with Crippen LogP contribution in [-0.2, 0) is 0 Å². The van der Waals surface area contributed by atoms with E-state index in [4.69, 9.17) is 15.2 Å². The van der Waals surface area contributed by atoms with Gasteiger partial charge < -0.3 is 15.2 Å². The van der Waals surface area contributed by atoms with Gasteiger partial charge in [0.25, 0.3) is 5.91 Å². The van der Waals surface area contributed by atoms with Crippen LogP contribution in [-0.4, -0.2) is 23.0 Å². The number of halogens is 2. The van der Waals surface area contributed by atoms with E-state index in [1.165, 1.54) is 25.4 Å². The molecule has 2 rings (SSSR count). The van der Waals surface area contributed by atoms with Gasteiger partial charge in [-0.15, -0.1) is 0 Å². The van der Waals surface area contributed by atoms with E-state index in [-0.39, 0.29) is 23.2 Å². The molecule has 0 aliphatic heterocycles. The number of hydrogen-bond donors (Lipinski definition) is 1. The Kier molecular flexibility index (Phi) is 4.14. The Labute approximate surface area is 121 Å². The second-order valence-electron chi connectivity index (χ2n) is 3.59. The molecule has 0 aliphatic rings. The molecule has 6 nitrogen and oxygen atoms in total. The Morgan fingerprint density at radius 2 is 2.20 bits per heavy atom. The van der Waals surface area contributed by atoms with Crippen molar-refractivity contribution in [3.8, 4) is 17.6 Å². The molecule has 0 unspecified atom stereocenters. The topological polar surface area (TPSA) is 87.3 Å². The Morgan fingerprint density at radius 3 is 2.85 bits per heavy atom. The molecule has 0 saturated heterocycles. The van der Waals surface area contributed by atoms with Crippen LogP contribution >= 0.6 is 15.9 Å². The van der Waals surface area contributed by atoms with Gasteiger partial charge in [-0.3, -0.25) is 4.79 Å². The summed E-state index contributed by atoms with van der Waals surface area (Å²) in [5.74, 6) is -1.55. The van der Waals surface area contributed by atoms with E-state index in [0.717, 1.165) is 6.07 Å². The lowest BCUT2D eigenvalue weighted by Gasteiger charge is -2.09.